The quantitative estimate of drug-likeness (QED) is 0.332. The number of halogens is 1. The molecule has 0 amide bonds. The van der Waals surface area contributed by atoms with E-state index in [0.29, 0.717) is 17.0 Å². The number of H-pyrrole nitrogens is 1. The molecule has 3 aromatic heterocycles. The zero-order valence-corrected chi connectivity index (χ0v) is 14.0. The fraction of sp³-hybridized carbons (Fsp3) is 0.167. The summed E-state index contributed by atoms with van der Waals surface area (Å²) in [5, 5.41) is 9.11. The van der Waals surface area contributed by atoms with Crippen LogP contribution in [-0.4, -0.2) is 48.9 Å². The molecule has 10 heteroatoms. The Labute approximate surface area is 139 Å². The number of thioether (sulfide) groups is 2. The molecule has 0 saturated heterocycles. The van der Waals surface area contributed by atoms with E-state index in [-0.39, 0.29) is 5.15 Å². The van der Waals surface area contributed by atoms with Gasteiger partial charge in [0.2, 0.25) is 0 Å². The first-order valence-corrected chi connectivity index (χ1v) is 8.72. The monoisotopic (exact) mass is 354 g/mol. The maximum atomic E-state index is 10.3. The predicted octanol–water partition coefficient (Wildman–Crippen LogP) is 2.74. The SMILES string of the molecule is CSc1ncc(C=O)c(Cl)n1.CSc1ncc2cn[nH]c2n1. The molecular weight excluding hydrogens is 344 g/mol. The maximum Gasteiger partial charge on any atom is 0.189 e. The van der Waals surface area contributed by atoms with Gasteiger partial charge >= 0.3 is 0 Å². The number of nitrogens with zero attached hydrogens (tertiary/aromatic N) is 5. The van der Waals surface area contributed by atoms with E-state index < -0.39 is 0 Å². The molecule has 1 N–H and O–H groups in total. The van der Waals surface area contributed by atoms with Crippen molar-refractivity contribution in [2.75, 3.05) is 12.5 Å². The lowest BCUT2D eigenvalue weighted by molar-refractivity contribution is 0.112. The number of aldehydes is 1. The standard InChI is InChI=1S/C6H5ClN2OS.C6H6N4S/c1-11-6-8-2-4(3-10)5(7)9-6;1-11-6-7-2-4-3-8-10-5(4)9-6/h2-3H,1H3;2-3H,1H3,(H,7,8,9,10). The summed E-state index contributed by atoms with van der Waals surface area (Å²) >= 11 is 8.51. The Bertz CT molecular complexity index is 781. The van der Waals surface area contributed by atoms with Crippen molar-refractivity contribution in [1.29, 1.82) is 0 Å². The van der Waals surface area contributed by atoms with Crippen molar-refractivity contribution in [3.63, 3.8) is 0 Å². The summed E-state index contributed by atoms with van der Waals surface area (Å²) < 4.78 is 0. The third kappa shape index (κ3) is 4.15. The second kappa shape index (κ2) is 8.06. The first-order chi connectivity index (χ1) is 10.7. The highest BCUT2D eigenvalue weighted by Crippen LogP contribution is 2.14. The first kappa shape index (κ1) is 16.7. The molecule has 0 aromatic carbocycles. The number of fused-ring (bicyclic) bond motifs is 1. The smallest absolute Gasteiger partial charge is 0.189 e. The van der Waals surface area contributed by atoms with Crippen molar-refractivity contribution in [1.82, 2.24) is 30.1 Å². The minimum atomic E-state index is 0.208. The Morgan fingerprint density at radius 3 is 2.41 bits per heavy atom. The lowest BCUT2D eigenvalue weighted by Crippen LogP contribution is -1.91. The van der Waals surface area contributed by atoms with Gasteiger partial charge in [0.15, 0.2) is 22.2 Å². The lowest BCUT2D eigenvalue weighted by atomic mass is 10.4. The third-order valence-corrected chi connectivity index (χ3v) is 3.83. The first-order valence-electron chi connectivity index (χ1n) is 5.89. The van der Waals surface area contributed by atoms with Gasteiger partial charge in [-0.05, 0) is 12.5 Å². The molecule has 0 bridgehead atoms. The highest BCUT2D eigenvalue weighted by molar-refractivity contribution is 7.98. The maximum absolute atomic E-state index is 10.3. The van der Waals surface area contributed by atoms with Crippen LogP contribution in [-0.2, 0) is 0 Å². The molecule has 0 fully saturated rings. The highest BCUT2D eigenvalue weighted by Gasteiger charge is 2.02. The summed E-state index contributed by atoms with van der Waals surface area (Å²) in [5.41, 5.74) is 1.12. The van der Waals surface area contributed by atoms with Crippen LogP contribution in [0.25, 0.3) is 11.0 Å². The van der Waals surface area contributed by atoms with Crippen LogP contribution in [0.5, 0.6) is 0 Å². The normalized spacial score (nSPS) is 10.1. The third-order valence-electron chi connectivity index (χ3n) is 2.41. The average molecular weight is 355 g/mol. The zero-order valence-electron chi connectivity index (χ0n) is 11.6. The Morgan fingerprint density at radius 1 is 1.09 bits per heavy atom. The van der Waals surface area contributed by atoms with E-state index in [9.17, 15) is 4.79 Å². The van der Waals surface area contributed by atoms with E-state index >= 15 is 0 Å². The van der Waals surface area contributed by atoms with Gasteiger partial charge in [0.05, 0.1) is 17.1 Å². The second-order valence-electron chi connectivity index (χ2n) is 3.75. The molecule has 3 heterocycles. The van der Waals surface area contributed by atoms with Crippen LogP contribution in [0.3, 0.4) is 0 Å². The van der Waals surface area contributed by atoms with Gasteiger partial charge in [-0.25, -0.2) is 19.9 Å². The van der Waals surface area contributed by atoms with E-state index in [1.807, 2.05) is 12.5 Å². The summed E-state index contributed by atoms with van der Waals surface area (Å²) in [6, 6.07) is 0. The number of rotatable bonds is 3. The lowest BCUT2D eigenvalue weighted by Gasteiger charge is -1.95. The molecule has 114 valence electrons. The number of aromatic nitrogens is 6. The van der Waals surface area contributed by atoms with Gasteiger partial charge in [-0.1, -0.05) is 35.1 Å². The molecule has 0 unspecified atom stereocenters. The number of nitrogens with one attached hydrogen (secondary N) is 1. The van der Waals surface area contributed by atoms with E-state index in [1.165, 1.54) is 29.7 Å². The van der Waals surface area contributed by atoms with Crippen LogP contribution in [0.1, 0.15) is 10.4 Å². The van der Waals surface area contributed by atoms with Crippen molar-refractivity contribution in [2.45, 2.75) is 10.3 Å². The summed E-state index contributed by atoms with van der Waals surface area (Å²) in [7, 11) is 0. The summed E-state index contributed by atoms with van der Waals surface area (Å²) in [6.45, 7) is 0. The van der Waals surface area contributed by atoms with E-state index in [0.717, 1.165) is 16.2 Å². The highest BCUT2D eigenvalue weighted by atomic mass is 35.5. The van der Waals surface area contributed by atoms with Crippen LogP contribution in [0.4, 0.5) is 0 Å². The van der Waals surface area contributed by atoms with Crippen LogP contribution >= 0.6 is 35.1 Å². The van der Waals surface area contributed by atoms with Gasteiger partial charge in [-0.2, -0.15) is 5.10 Å². The number of aromatic amines is 1. The molecule has 0 aliphatic heterocycles. The number of carbonyl (C=O) groups excluding carboxylic acids is 1. The molecule has 0 atom stereocenters. The zero-order chi connectivity index (χ0) is 15.9. The predicted molar refractivity (Wildman–Crippen MR) is 87.7 cm³/mol. The number of hydrogen-bond acceptors (Lipinski definition) is 8. The Hall–Kier alpha value is -1.71. The van der Waals surface area contributed by atoms with Crippen LogP contribution in [0.2, 0.25) is 5.15 Å². The molecule has 0 aliphatic carbocycles. The van der Waals surface area contributed by atoms with Gasteiger partial charge in [0.25, 0.3) is 0 Å². The van der Waals surface area contributed by atoms with Crippen molar-refractivity contribution in [2.24, 2.45) is 0 Å². The molecular formula is C12H11ClN6OS2. The fourth-order valence-electron chi connectivity index (χ4n) is 1.35. The topological polar surface area (TPSA) is 97.3 Å². The van der Waals surface area contributed by atoms with E-state index in [2.05, 4.69) is 30.1 Å². The van der Waals surface area contributed by atoms with E-state index in [1.54, 1.807) is 12.4 Å². The molecule has 3 rings (SSSR count). The largest absolute Gasteiger partial charge is 0.298 e. The molecule has 22 heavy (non-hydrogen) atoms. The van der Waals surface area contributed by atoms with Crippen LogP contribution in [0, 0.1) is 0 Å². The Balaban J connectivity index is 0.000000160. The summed E-state index contributed by atoms with van der Waals surface area (Å²) in [5.74, 6) is 0. The molecule has 3 aromatic rings. The summed E-state index contributed by atoms with van der Waals surface area (Å²) in [6.07, 6.45) is 9.29. The number of carbonyl (C=O) groups is 1. The van der Waals surface area contributed by atoms with Crippen molar-refractivity contribution in [3.8, 4) is 0 Å². The van der Waals surface area contributed by atoms with Crippen molar-refractivity contribution >= 4 is 52.4 Å². The molecule has 0 radical (unpaired) electrons. The Morgan fingerprint density at radius 2 is 1.77 bits per heavy atom. The van der Waals surface area contributed by atoms with Crippen LogP contribution < -0.4 is 0 Å². The van der Waals surface area contributed by atoms with Gasteiger partial charge in [-0.3, -0.25) is 9.89 Å². The fourth-order valence-corrected chi connectivity index (χ4v) is 2.26. The average Bonchev–Trinajstić information content (AvgIpc) is 3.02. The van der Waals surface area contributed by atoms with Gasteiger partial charge in [0.1, 0.15) is 5.15 Å². The van der Waals surface area contributed by atoms with Gasteiger partial charge in [-0.15, -0.1) is 0 Å². The molecule has 0 saturated carbocycles. The van der Waals surface area contributed by atoms with E-state index in [4.69, 9.17) is 11.6 Å². The van der Waals surface area contributed by atoms with Crippen LogP contribution in [0.15, 0.2) is 28.9 Å². The minimum absolute atomic E-state index is 0.208. The van der Waals surface area contributed by atoms with Gasteiger partial charge < -0.3 is 0 Å². The second-order valence-corrected chi connectivity index (χ2v) is 5.66. The number of hydrogen-bond donors (Lipinski definition) is 1. The minimum Gasteiger partial charge on any atom is -0.298 e. The van der Waals surface area contributed by atoms with Crippen molar-refractivity contribution < 1.29 is 4.79 Å². The molecule has 0 spiro atoms. The molecule has 7 nitrogen and oxygen atoms in total. The van der Waals surface area contributed by atoms with Gasteiger partial charge in [0, 0.05) is 12.4 Å². The summed E-state index contributed by atoms with van der Waals surface area (Å²) in [4.78, 5) is 26.2. The van der Waals surface area contributed by atoms with Crippen molar-refractivity contribution in [3.05, 3.63) is 29.3 Å². The Kier molecular flexibility index (Phi) is 6.10. The molecule has 0 aliphatic rings.